The zero-order chi connectivity index (χ0) is 36.8. The molecule has 10 nitrogen and oxygen atoms in total. The first kappa shape index (κ1) is 36.1. The van der Waals surface area contributed by atoms with Crippen molar-refractivity contribution >= 4 is 63.7 Å². The highest BCUT2D eigenvalue weighted by Crippen LogP contribution is 2.40. The molecule has 0 radical (unpaired) electrons. The predicted octanol–water partition coefficient (Wildman–Crippen LogP) is 9.43. The van der Waals surface area contributed by atoms with Crippen molar-refractivity contribution in [1.29, 1.82) is 0 Å². The summed E-state index contributed by atoms with van der Waals surface area (Å²) in [6, 6.07) is 25.4. The summed E-state index contributed by atoms with van der Waals surface area (Å²) in [6.07, 6.45) is -2.95. The monoisotopic (exact) mass is 750 g/mol. The van der Waals surface area contributed by atoms with E-state index in [-0.39, 0.29) is 28.1 Å². The van der Waals surface area contributed by atoms with Gasteiger partial charge in [0.25, 0.3) is 5.91 Å². The van der Waals surface area contributed by atoms with Gasteiger partial charge in [0.2, 0.25) is 0 Å². The number of piperazine rings is 1. The molecule has 0 saturated carbocycles. The van der Waals surface area contributed by atoms with Crippen molar-refractivity contribution in [3.05, 3.63) is 124 Å². The Kier molecular flexibility index (Phi) is 10.9. The molecule has 5 aromatic rings. The molecule has 15 heteroatoms. The van der Waals surface area contributed by atoms with Crippen LogP contribution in [0.1, 0.15) is 15.9 Å². The van der Waals surface area contributed by atoms with Gasteiger partial charge in [0.1, 0.15) is 23.1 Å². The average molecular weight is 752 g/mol. The third-order valence-corrected chi connectivity index (χ3v) is 8.73. The number of hydrogen-bond donors (Lipinski definition) is 3. The molecule has 0 unspecified atom stereocenters. The Hall–Kier alpha value is -5.66. The van der Waals surface area contributed by atoms with Crippen LogP contribution in [0.5, 0.6) is 17.2 Å². The number of nitrogens with one attached hydrogen (secondary N) is 3. The summed E-state index contributed by atoms with van der Waals surface area (Å²) in [6.45, 7) is 3.42. The van der Waals surface area contributed by atoms with Crippen LogP contribution in [0, 0.1) is 0 Å². The largest absolute Gasteiger partial charge is 0.495 e. The predicted molar refractivity (Wildman–Crippen MR) is 197 cm³/mol. The van der Waals surface area contributed by atoms with Crippen molar-refractivity contribution in [2.75, 3.05) is 59.0 Å². The number of ether oxygens (including phenoxy) is 2. The van der Waals surface area contributed by atoms with Gasteiger partial charge >= 0.3 is 12.2 Å². The van der Waals surface area contributed by atoms with Crippen LogP contribution in [0.4, 0.5) is 46.5 Å². The lowest BCUT2D eigenvalue weighted by atomic mass is 10.1. The first-order valence-electron chi connectivity index (χ1n) is 15.9. The number of urea groups is 1. The molecule has 3 amide bonds. The van der Waals surface area contributed by atoms with Gasteiger partial charge in [-0.1, -0.05) is 35.3 Å². The number of aromatic nitrogens is 1. The first-order valence-corrected chi connectivity index (χ1v) is 16.6. The first-order chi connectivity index (χ1) is 25.0. The molecule has 4 aromatic carbocycles. The lowest BCUT2D eigenvalue weighted by Gasteiger charge is -2.36. The molecule has 52 heavy (non-hydrogen) atoms. The second kappa shape index (κ2) is 15.7. The van der Waals surface area contributed by atoms with E-state index in [9.17, 15) is 22.8 Å². The van der Waals surface area contributed by atoms with Gasteiger partial charge in [-0.15, -0.1) is 0 Å². The summed E-state index contributed by atoms with van der Waals surface area (Å²) in [4.78, 5) is 34.8. The van der Waals surface area contributed by atoms with Gasteiger partial charge in [0.05, 0.1) is 34.1 Å². The van der Waals surface area contributed by atoms with Crippen LogP contribution in [0.25, 0.3) is 0 Å². The molecule has 0 spiro atoms. The van der Waals surface area contributed by atoms with E-state index >= 15 is 0 Å². The van der Waals surface area contributed by atoms with E-state index in [1.807, 2.05) is 42.5 Å². The molecule has 1 aliphatic rings. The van der Waals surface area contributed by atoms with Gasteiger partial charge in [-0.05, 0) is 72.8 Å². The number of carbonyl (C=O) groups is 2. The Morgan fingerprint density at radius 1 is 0.750 bits per heavy atom. The van der Waals surface area contributed by atoms with Crippen molar-refractivity contribution in [3.8, 4) is 17.2 Å². The number of pyridine rings is 1. The second-order valence-corrected chi connectivity index (χ2v) is 12.4. The Labute approximate surface area is 307 Å². The number of halogens is 5. The second-order valence-electron chi connectivity index (χ2n) is 11.5. The van der Waals surface area contributed by atoms with Gasteiger partial charge in [-0.2, -0.15) is 13.2 Å². The van der Waals surface area contributed by atoms with Crippen molar-refractivity contribution in [3.63, 3.8) is 0 Å². The van der Waals surface area contributed by atoms with E-state index in [2.05, 4.69) is 30.7 Å². The van der Waals surface area contributed by atoms with Crippen LogP contribution in [-0.4, -0.2) is 50.2 Å². The van der Waals surface area contributed by atoms with E-state index in [4.69, 9.17) is 32.7 Å². The van der Waals surface area contributed by atoms with Crippen LogP contribution < -0.4 is 35.2 Å². The fourth-order valence-corrected chi connectivity index (χ4v) is 5.98. The fourth-order valence-electron chi connectivity index (χ4n) is 5.51. The van der Waals surface area contributed by atoms with E-state index in [0.717, 1.165) is 43.8 Å². The quantitative estimate of drug-likeness (QED) is 0.138. The Bertz CT molecular complexity index is 2060. The number of methoxy groups -OCH3 is 1. The molecule has 6 rings (SSSR count). The third-order valence-electron chi connectivity index (χ3n) is 8.11. The summed E-state index contributed by atoms with van der Waals surface area (Å²) in [7, 11) is 1.23. The summed E-state index contributed by atoms with van der Waals surface area (Å²) >= 11 is 12.1. The molecule has 0 bridgehead atoms. The van der Waals surface area contributed by atoms with Crippen molar-refractivity contribution < 1.29 is 32.2 Å². The normalized spacial score (nSPS) is 13.0. The highest BCUT2D eigenvalue weighted by Gasteiger charge is 2.34. The summed E-state index contributed by atoms with van der Waals surface area (Å²) in [5, 5.41) is 7.23. The number of amides is 3. The maximum Gasteiger partial charge on any atom is 0.417 e. The number of alkyl halides is 3. The van der Waals surface area contributed by atoms with E-state index in [0.29, 0.717) is 28.8 Å². The number of benzene rings is 4. The number of anilines is 5. The molecule has 268 valence electrons. The minimum Gasteiger partial charge on any atom is -0.495 e. The van der Waals surface area contributed by atoms with Crippen LogP contribution in [0.15, 0.2) is 103 Å². The molecule has 1 saturated heterocycles. The maximum atomic E-state index is 13.4. The summed E-state index contributed by atoms with van der Waals surface area (Å²) in [5.74, 6) is 1.24. The smallest absolute Gasteiger partial charge is 0.417 e. The number of rotatable bonds is 9. The summed E-state index contributed by atoms with van der Waals surface area (Å²) in [5.41, 5.74) is 0.835. The molecular formula is C37H31Cl2F3N6O4. The number of hydrogen-bond acceptors (Lipinski definition) is 7. The van der Waals surface area contributed by atoms with Crippen LogP contribution in [0.3, 0.4) is 0 Å². The van der Waals surface area contributed by atoms with Gasteiger partial charge in [0, 0.05) is 61.4 Å². The van der Waals surface area contributed by atoms with Crippen LogP contribution in [0.2, 0.25) is 10.0 Å². The van der Waals surface area contributed by atoms with Crippen molar-refractivity contribution in [2.45, 2.75) is 6.18 Å². The van der Waals surface area contributed by atoms with E-state index in [1.54, 1.807) is 30.5 Å². The third kappa shape index (κ3) is 8.79. The van der Waals surface area contributed by atoms with Gasteiger partial charge in [-0.3, -0.25) is 4.79 Å². The highest BCUT2D eigenvalue weighted by molar-refractivity contribution is 6.34. The molecule has 1 aliphatic heterocycles. The standard InChI is InChI=1S/C37H31Cl2F3N6O4/c1-51-33-22-29(38)28(37(40,41)42)21-32(33)46-36(50)45-31-13-12-27(20-30(31)39)52-26-6-4-5-23(19-26)35(49)44-24-8-10-25(11-9-24)47-15-17-48(18-16-47)34-7-2-3-14-43-34/h2-14,19-22H,15-18H2,1H3,(H,44,49)(H2,45,46,50). The van der Waals surface area contributed by atoms with E-state index in [1.165, 1.54) is 25.3 Å². The fraction of sp³-hybridized carbons (Fsp3) is 0.162. The molecule has 1 aromatic heterocycles. The van der Waals surface area contributed by atoms with Crippen molar-refractivity contribution in [1.82, 2.24) is 4.98 Å². The lowest BCUT2D eigenvalue weighted by Crippen LogP contribution is -2.46. The zero-order valence-corrected chi connectivity index (χ0v) is 29.0. The Morgan fingerprint density at radius 3 is 2.13 bits per heavy atom. The molecular weight excluding hydrogens is 720 g/mol. The van der Waals surface area contributed by atoms with Gasteiger partial charge < -0.3 is 35.2 Å². The van der Waals surface area contributed by atoms with Crippen LogP contribution in [-0.2, 0) is 6.18 Å². The molecule has 0 atom stereocenters. The van der Waals surface area contributed by atoms with E-state index < -0.39 is 22.8 Å². The maximum absolute atomic E-state index is 13.4. The number of nitrogens with zero attached hydrogens (tertiary/aromatic N) is 3. The molecule has 0 aliphatic carbocycles. The molecule has 2 heterocycles. The molecule has 3 N–H and O–H groups in total. The van der Waals surface area contributed by atoms with Gasteiger partial charge in [-0.25, -0.2) is 9.78 Å². The van der Waals surface area contributed by atoms with Gasteiger partial charge in [0.15, 0.2) is 0 Å². The molecule has 1 fully saturated rings. The Morgan fingerprint density at radius 2 is 1.46 bits per heavy atom. The average Bonchev–Trinajstić information content (AvgIpc) is 3.13. The highest BCUT2D eigenvalue weighted by atomic mass is 35.5. The zero-order valence-electron chi connectivity index (χ0n) is 27.5. The van der Waals surface area contributed by atoms with Crippen molar-refractivity contribution in [2.24, 2.45) is 0 Å². The minimum absolute atomic E-state index is 0.0702. The number of carbonyl (C=O) groups excluding carboxylic acids is 2. The SMILES string of the molecule is COc1cc(Cl)c(C(F)(F)F)cc1NC(=O)Nc1ccc(Oc2cccc(C(=O)Nc3ccc(N4CCN(c5ccccn5)CC4)cc3)c2)cc1Cl. The topological polar surface area (TPSA) is 108 Å². The van der Waals surface area contributed by atoms with Crippen LogP contribution >= 0.6 is 23.2 Å². The Balaban J connectivity index is 1.03. The minimum atomic E-state index is -4.75. The lowest BCUT2D eigenvalue weighted by molar-refractivity contribution is -0.137. The summed E-state index contributed by atoms with van der Waals surface area (Å²) < 4.78 is 51.0.